The molecule has 0 unspecified atom stereocenters. The third kappa shape index (κ3) is 5.54. The predicted octanol–water partition coefficient (Wildman–Crippen LogP) is 4.66. The number of hydrogen-bond acceptors (Lipinski definition) is 7. The van der Waals surface area contributed by atoms with Crippen molar-refractivity contribution >= 4 is 33.9 Å². The quantitative estimate of drug-likeness (QED) is 0.557. The van der Waals surface area contributed by atoms with Crippen LogP contribution in [-0.4, -0.2) is 53.6 Å². The van der Waals surface area contributed by atoms with Crippen LogP contribution in [0.2, 0.25) is 0 Å². The molecule has 3 heterocycles. The van der Waals surface area contributed by atoms with Crippen molar-refractivity contribution in [2.24, 2.45) is 0 Å². The van der Waals surface area contributed by atoms with Crippen molar-refractivity contribution in [2.45, 2.75) is 13.1 Å². The van der Waals surface area contributed by atoms with Crippen LogP contribution in [0.4, 0.5) is 29.8 Å². The van der Waals surface area contributed by atoms with Gasteiger partial charge in [0.15, 0.2) is 5.13 Å². The lowest BCUT2D eigenvalue weighted by Crippen LogP contribution is -2.49. The Morgan fingerprint density at radius 1 is 1.12 bits per heavy atom. The number of hydrogen-bond donors (Lipinski definition) is 1. The van der Waals surface area contributed by atoms with E-state index in [0.717, 1.165) is 23.7 Å². The van der Waals surface area contributed by atoms with Gasteiger partial charge in [0.05, 0.1) is 12.2 Å². The Morgan fingerprint density at radius 3 is 2.45 bits per heavy atom. The van der Waals surface area contributed by atoms with E-state index in [2.05, 4.69) is 15.3 Å². The number of nitrogens with one attached hydrogen (secondary N) is 1. The van der Waals surface area contributed by atoms with Crippen LogP contribution >= 0.6 is 11.3 Å². The standard InChI is InChI=1S/C22H22F3N5O2S/c1-2-32-17-6-4-16(5-7-17)27-21-28-18(14-33-21)20(31)30-11-9-29(10-12-30)19-8-3-15(13-26-19)22(23,24)25/h3-8,13-14H,2,9-12H2,1H3,(H,27,28). The lowest BCUT2D eigenvalue weighted by molar-refractivity contribution is -0.137. The van der Waals surface area contributed by atoms with Crippen LogP contribution in [0.25, 0.3) is 0 Å². The SMILES string of the molecule is CCOc1ccc(Nc2nc(C(=O)N3CCN(c4ccc(C(F)(F)F)cn4)CC3)cs2)cc1. The molecule has 3 aromatic rings. The predicted molar refractivity (Wildman–Crippen MR) is 120 cm³/mol. The number of halogens is 3. The Labute approximate surface area is 192 Å². The topological polar surface area (TPSA) is 70.6 Å². The van der Waals surface area contributed by atoms with Gasteiger partial charge in [0.25, 0.3) is 5.91 Å². The Kier molecular flexibility index (Phi) is 6.68. The number of amides is 1. The van der Waals surface area contributed by atoms with Gasteiger partial charge in [-0.1, -0.05) is 0 Å². The molecule has 7 nitrogen and oxygen atoms in total. The number of pyridine rings is 1. The van der Waals surface area contributed by atoms with Crippen LogP contribution in [0.1, 0.15) is 23.0 Å². The molecule has 0 spiro atoms. The van der Waals surface area contributed by atoms with Gasteiger partial charge in [-0.2, -0.15) is 13.2 Å². The van der Waals surface area contributed by atoms with Gasteiger partial charge < -0.3 is 19.9 Å². The third-order valence-corrected chi connectivity index (χ3v) is 5.86. The van der Waals surface area contributed by atoms with Gasteiger partial charge in [-0.15, -0.1) is 11.3 Å². The summed E-state index contributed by atoms with van der Waals surface area (Å²) in [7, 11) is 0. The summed E-state index contributed by atoms with van der Waals surface area (Å²) < 4.78 is 43.6. The summed E-state index contributed by atoms with van der Waals surface area (Å²) >= 11 is 1.34. The molecule has 0 radical (unpaired) electrons. The fraction of sp³-hybridized carbons (Fsp3) is 0.318. The van der Waals surface area contributed by atoms with Crippen molar-refractivity contribution in [2.75, 3.05) is 43.0 Å². The van der Waals surface area contributed by atoms with Gasteiger partial charge in [-0.3, -0.25) is 4.79 Å². The van der Waals surface area contributed by atoms with E-state index < -0.39 is 11.7 Å². The van der Waals surface area contributed by atoms with E-state index in [1.807, 2.05) is 36.1 Å². The van der Waals surface area contributed by atoms with Crippen molar-refractivity contribution in [3.05, 3.63) is 59.2 Å². The third-order valence-electron chi connectivity index (χ3n) is 5.11. The summed E-state index contributed by atoms with van der Waals surface area (Å²) in [5.41, 5.74) is 0.414. The molecule has 1 aliphatic rings. The summed E-state index contributed by atoms with van der Waals surface area (Å²) in [5.74, 6) is 1.07. The van der Waals surface area contributed by atoms with Gasteiger partial charge >= 0.3 is 6.18 Å². The number of nitrogens with zero attached hydrogens (tertiary/aromatic N) is 4. The van der Waals surface area contributed by atoms with Crippen LogP contribution in [0.5, 0.6) is 5.75 Å². The Hall–Kier alpha value is -3.34. The van der Waals surface area contributed by atoms with Crippen LogP contribution < -0.4 is 15.0 Å². The molecule has 2 aromatic heterocycles. The molecule has 1 amide bonds. The minimum Gasteiger partial charge on any atom is -0.494 e. The van der Waals surface area contributed by atoms with Crippen molar-refractivity contribution in [1.29, 1.82) is 0 Å². The largest absolute Gasteiger partial charge is 0.494 e. The highest BCUT2D eigenvalue weighted by molar-refractivity contribution is 7.14. The van der Waals surface area contributed by atoms with Crippen molar-refractivity contribution in [1.82, 2.24) is 14.9 Å². The number of ether oxygens (including phenoxy) is 1. The van der Waals surface area contributed by atoms with E-state index >= 15 is 0 Å². The molecule has 0 atom stereocenters. The number of anilines is 3. The minimum absolute atomic E-state index is 0.175. The van der Waals surface area contributed by atoms with Crippen LogP contribution in [0.3, 0.4) is 0 Å². The average molecular weight is 478 g/mol. The number of rotatable bonds is 6. The van der Waals surface area contributed by atoms with Crippen molar-refractivity contribution in [3.63, 3.8) is 0 Å². The number of thiazole rings is 1. The summed E-state index contributed by atoms with van der Waals surface area (Å²) in [6, 6.07) is 9.85. The zero-order valence-electron chi connectivity index (χ0n) is 17.8. The summed E-state index contributed by atoms with van der Waals surface area (Å²) in [6.45, 7) is 4.34. The second-order valence-corrected chi connectivity index (χ2v) is 8.16. The summed E-state index contributed by atoms with van der Waals surface area (Å²) in [6.07, 6.45) is -3.58. The fourth-order valence-corrected chi connectivity index (χ4v) is 4.10. The minimum atomic E-state index is -4.41. The first kappa shape index (κ1) is 22.8. The first-order valence-electron chi connectivity index (χ1n) is 10.4. The van der Waals surface area contributed by atoms with Gasteiger partial charge in [0.2, 0.25) is 0 Å². The van der Waals surface area contributed by atoms with Crippen LogP contribution in [0.15, 0.2) is 48.0 Å². The maximum atomic E-state index is 12.8. The number of piperazine rings is 1. The lowest BCUT2D eigenvalue weighted by atomic mass is 10.2. The monoisotopic (exact) mass is 477 g/mol. The highest BCUT2D eigenvalue weighted by Gasteiger charge is 2.31. The molecule has 1 fully saturated rings. The molecule has 1 saturated heterocycles. The molecule has 0 aliphatic carbocycles. The molecule has 174 valence electrons. The Balaban J connectivity index is 1.32. The van der Waals surface area contributed by atoms with E-state index in [1.54, 1.807) is 10.3 Å². The smallest absolute Gasteiger partial charge is 0.417 e. The summed E-state index contributed by atoms with van der Waals surface area (Å²) in [4.78, 5) is 24.7. The van der Waals surface area contributed by atoms with E-state index in [-0.39, 0.29) is 5.91 Å². The highest BCUT2D eigenvalue weighted by atomic mass is 32.1. The molecule has 1 aromatic carbocycles. The Morgan fingerprint density at radius 2 is 1.85 bits per heavy atom. The highest BCUT2D eigenvalue weighted by Crippen LogP contribution is 2.29. The second-order valence-electron chi connectivity index (χ2n) is 7.30. The molecule has 1 N–H and O–H groups in total. The summed E-state index contributed by atoms with van der Waals surface area (Å²) in [5, 5.41) is 5.50. The lowest BCUT2D eigenvalue weighted by Gasteiger charge is -2.35. The maximum Gasteiger partial charge on any atom is 0.417 e. The van der Waals surface area contributed by atoms with Crippen molar-refractivity contribution < 1.29 is 22.7 Å². The average Bonchev–Trinajstić information content (AvgIpc) is 3.28. The second kappa shape index (κ2) is 9.65. The molecule has 1 aliphatic heterocycles. The van der Waals surface area contributed by atoms with Gasteiger partial charge in [0, 0.05) is 43.4 Å². The molecule has 33 heavy (non-hydrogen) atoms. The zero-order valence-corrected chi connectivity index (χ0v) is 18.6. The van der Waals surface area contributed by atoms with E-state index in [4.69, 9.17) is 4.74 Å². The number of aromatic nitrogens is 2. The van der Waals surface area contributed by atoms with E-state index in [9.17, 15) is 18.0 Å². The van der Waals surface area contributed by atoms with E-state index in [0.29, 0.717) is 49.4 Å². The molecular weight excluding hydrogens is 455 g/mol. The van der Waals surface area contributed by atoms with Gasteiger partial charge in [-0.25, -0.2) is 9.97 Å². The molecule has 0 bridgehead atoms. The maximum absolute atomic E-state index is 12.8. The van der Waals surface area contributed by atoms with Crippen molar-refractivity contribution in [3.8, 4) is 5.75 Å². The Bertz CT molecular complexity index is 1080. The first-order chi connectivity index (χ1) is 15.8. The van der Waals surface area contributed by atoms with Gasteiger partial charge in [-0.05, 0) is 43.3 Å². The zero-order chi connectivity index (χ0) is 23.4. The number of carbonyl (C=O) groups is 1. The van der Waals surface area contributed by atoms with Gasteiger partial charge in [0.1, 0.15) is 17.3 Å². The number of benzene rings is 1. The van der Waals surface area contributed by atoms with Crippen LogP contribution in [-0.2, 0) is 6.18 Å². The molecule has 4 rings (SSSR count). The first-order valence-corrected chi connectivity index (χ1v) is 11.2. The number of carbonyl (C=O) groups excluding carboxylic acids is 1. The van der Waals surface area contributed by atoms with Crippen LogP contribution in [0, 0.1) is 0 Å². The molecule has 11 heteroatoms. The molecular formula is C22H22F3N5O2S. The fourth-order valence-electron chi connectivity index (χ4n) is 3.40. The van der Waals surface area contributed by atoms with E-state index in [1.165, 1.54) is 17.4 Å². The number of alkyl halides is 3. The molecule has 0 saturated carbocycles. The normalized spacial score (nSPS) is 14.3.